The molecule has 0 unspecified atom stereocenters. The second kappa shape index (κ2) is 3.49. The number of nitrogens with one attached hydrogen (secondary N) is 1. The lowest BCUT2D eigenvalue weighted by Crippen LogP contribution is -2.14. The first-order valence-electron chi connectivity index (χ1n) is 4.09. The third-order valence-electron chi connectivity index (χ3n) is 1.77. The van der Waals surface area contributed by atoms with Gasteiger partial charge >= 0.3 is 0 Å². The van der Waals surface area contributed by atoms with Crippen molar-refractivity contribution in [2.24, 2.45) is 5.11 Å². The molecule has 0 aliphatic rings. The lowest BCUT2D eigenvalue weighted by molar-refractivity contribution is 0.560. The van der Waals surface area contributed by atoms with Gasteiger partial charge in [0.15, 0.2) is 0 Å². The van der Waals surface area contributed by atoms with Gasteiger partial charge in [-0.05, 0) is 11.1 Å². The smallest absolute Gasteiger partial charge is 0.0544 e. The summed E-state index contributed by atoms with van der Waals surface area (Å²) in [5.41, 5.74) is 10.2. The van der Waals surface area contributed by atoms with E-state index in [-0.39, 0.29) is 5.41 Å². The van der Waals surface area contributed by atoms with E-state index in [4.69, 9.17) is 5.53 Å². The molecule has 5 nitrogen and oxygen atoms in total. The Labute approximate surface area is 76.8 Å². The van der Waals surface area contributed by atoms with Crippen molar-refractivity contribution in [1.29, 1.82) is 0 Å². The van der Waals surface area contributed by atoms with Gasteiger partial charge in [-0.1, -0.05) is 25.9 Å². The van der Waals surface area contributed by atoms with Crippen molar-refractivity contribution >= 4 is 0 Å². The zero-order chi connectivity index (χ0) is 9.90. The molecule has 0 fully saturated rings. The molecule has 0 aliphatic carbocycles. The number of hydrogen-bond acceptors (Lipinski definition) is 2. The van der Waals surface area contributed by atoms with Crippen LogP contribution in [0.25, 0.3) is 10.4 Å². The molecule has 0 saturated carbocycles. The number of H-pyrrole nitrogens is 1. The van der Waals surface area contributed by atoms with Gasteiger partial charge in [-0.25, -0.2) is 0 Å². The molecule has 13 heavy (non-hydrogen) atoms. The maximum Gasteiger partial charge on any atom is 0.0544 e. The predicted octanol–water partition coefficient (Wildman–Crippen LogP) is 2.52. The minimum Gasteiger partial charge on any atom is -0.282 e. The maximum atomic E-state index is 8.19. The standard InChI is InChI=1S/C8H13N5/c1-8(2,3)7-6(4-10-12-7)5-11-13-9/h4H,5H2,1-3H3,(H,10,12). The van der Waals surface area contributed by atoms with Crippen LogP contribution >= 0.6 is 0 Å². The Balaban J connectivity index is 2.96. The van der Waals surface area contributed by atoms with E-state index in [1.165, 1.54) is 0 Å². The van der Waals surface area contributed by atoms with Crippen molar-refractivity contribution < 1.29 is 0 Å². The Morgan fingerprint density at radius 3 is 2.85 bits per heavy atom. The van der Waals surface area contributed by atoms with Gasteiger partial charge in [0.25, 0.3) is 0 Å². The monoisotopic (exact) mass is 179 g/mol. The SMILES string of the molecule is CC(C)(C)c1[nH]ncc1CN=[N+]=[N-]. The number of azide groups is 1. The van der Waals surface area contributed by atoms with Crippen LogP contribution in [-0.2, 0) is 12.0 Å². The fourth-order valence-corrected chi connectivity index (χ4v) is 1.19. The van der Waals surface area contributed by atoms with E-state index in [0.717, 1.165) is 11.3 Å². The van der Waals surface area contributed by atoms with Crippen LogP contribution in [0.5, 0.6) is 0 Å². The molecule has 0 saturated heterocycles. The van der Waals surface area contributed by atoms with Crippen LogP contribution in [0.3, 0.4) is 0 Å². The normalized spacial score (nSPS) is 11.0. The summed E-state index contributed by atoms with van der Waals surface area (Å²) >= 11 is 0. The first-order chi connectivity index (χ1) is 6.05. The van der Waals surface area contributed by atoms with Gasteiger partial charge in [0, 0.05) is 16.0 Å². The molecule has 0 aromatic carbocycles. The molecule has 1 rings (SSSR count). The molecule has 0 spiro atoms. The second-order valence-electron chi connectivity index (χ2n) is 3.91. The highest BCUT2D eigenvalue weighted by atomic mass is 15.1. The fraction of sp³-hybridized carbons (Fsp3) is 0.625. The summed E-state index contributed by atoms with van der Waals surface area (Å²) in [6.07, 6.45) is 1.70. The van der Waals surface area contributed by atoms with Crippen molar-refractivity contribution in [3.63, 3.8) is 0 Å². The van der Waals surface area contributed by atoms with E-state index in [9.17, 15) is 0 Å². The molecule has 0 aliphatic heterocycles. The summed E-state index contributed by atoms with van der Waals surface area (Å²) in [7, 11) is 0. The third-order valence-corrected chi connectivity index (χ3v) is 1.77. The fourth-order valence-electron chi connectivity index (χ4n) is 1.19. The molecule has 5 heteroatoms. The van der Waals surface area contributed by atoms with E-state index in [1.54, 1.807) is 6.20 Å². The maximum absolute atomic E-state index is 8.19. The van der Waals surface area contributed by atoms with Crippen LogP contribution in [0, 0.1) is 0 Å². The zero-order valence-electron chi connectivity index (χ0n) is 8.07. The molecule has 1 heterocycles. The average molecular weight is 179 g/mol. The number of nitrogens with zero attached hydrogens (tertiary/aromatic N) is 4. The van der Waals surface area contributed by atoms with E-state index in [2.05, 4.69) is 41.0 Å². The second-order valence-corrected chi connectivity index (χ2v) is 3.91. The Morgan fingerprint density at radius 2 is 2.31 bits per heavy atom. The van der Waals surface area contributed by atoms with Crippen LogP contribution in [0.15, 0.2) is 11.3 Å². The Kier molecular flexibility index (Phi) is 2.58. The molecular weight excluding hydrogens is 166 g/mol. The topological polar surface area (TPSA) is 77.4 Å². The lowest BCUT2D eigenvalue weighted by Gasteiger charge is -2.17. The van der Waals surface area contributed by atoms with E-state index >= 15 is 0 Å². The molecule has 1 N–H and O–H groups in total. The van der Waals surface area contributed by atoms with E-state index in [1.807, 2.05) is 0 Å². The molecule has 1 aromatic heterocycles. The summed E-state index contributed by atoms with van der Waals surface area (Å²) < 4.78 is 0. The summed E-state index contributed by atoms with van der Waals surface area (Å²) in [6, 6.07) is 0. The van der Waals surface area contributed by atoms with Crippen LogP contribution in [0.2, 0.25) is 0 Å². The highest BCUT2D eigenvalue weighted by Gasteiger charge is 2.19. The third kappa shape index (κ3) is 2.23. The largest absolute Gasteiger partial charge is 0.282 e. The Hall–Kier alpha value is -1.48. The van der Waals surface area contributed by atoms with Crippen molar-refractivity contribution in [1.82, 2.24) is 10.2 Å². The minimum absolute atomic E-state index is 0.0107. The minimum atomic E-state index is 0.0107. The van der Waals surface area contributed by atoms with Crippen molar-refractivity contribution in [3.8, 4) is 0 Å². The molecule has 0 bridgehead atoms. The summed E-state index contributed by atoms with van der Waals surface area (Å²) in [5, 5.41) is 10.4. The van der Waals surface area contributed by atoms with Gasteiger partial charge in [0.05, 0.1) is 12.7 Å². The zero-order valence-corrected chi connectivity index (χ0v) is 8.07. The van der Waals surface area contributed by atoms with Crippen molar-refractivity contribution in [2.75, 3.05) is 0 Å². The van der Waals surface area contributed by atoms with Crippen molar-refractivity contribution in [2.45, 2.75) is 32.7 Å². The van der Waals surface area contributed by atoms with Crippen LogP contribution in [0.4, 0.5) is 0 Å². The van der Waals surface area contributed by atoms with Crippen LogP contribution in [0.1, 0.15) is 32.0 Å². The summed E-state index contributed by atoms with van der Waals surface area (Å²) in [6.45, 7) is 6.61. The molecule has 70 valence electrons. The first-order valence-corrected chi connectivity index (χ1v) is 4.09. The van der Waals surface area contributed by atoms with Gasteiger partial charge < -0.3 is 0 Å². The Bertz CT molecular complexity index is 327. The van der Waals surface area contributed by atoms with Gasteiger partial charge in [-0.2, -0.15) is 5.10 Å². The van der Waals surface area contributed by atoms with Gasteiger partial charge in [-0.3, -0.25) is 5.10 Å². The van der Waals surface area contributed by atoms with E-state index < -0.39 is 0 Å². The molecule has 0 atom stereocenters. The highest BCUT2D eigenvalue weighted by Crippen LogP contribution is 2.23. The van der Waals surface area contributed by atoms with Crippen molar-refractivity contribution in [3.05, 3.63) is 27.9 Å². The molecule has 0 radical (unpaired) electrons. The van der Waals surface area contributed by atoms with Gasteiger partial charge in [0.2, 0.25) is 0 Å². The first kappa shape index (κ1) is 9.61. The molecule has 0 amide bonds. The number of aromatic nitrogens is 2. The van der Waals surface area contributed by atoms with Crippen LogP contribution < -0.4 is 0 Å². The Morgan fingerprint density at radius 1 is 1.62 bits per heavy atom. The van der Waals surface area contributed by atoms with Gasteiger partial charge in [-0.15, -0.1) is 0 Å². The predicted molar refractivity (Wildman–Crippen MR) is 50.1 cm³/mol. The highest BCUT2D eigenvalue weighted by molar-refractivity contribution is 5.23. The van der Waals surface area contributed by atoms with Crippen LogP contribution in [-0.4, -0.2) is 10.2 Å². The summed E-state index contributed by atoms with van der Waals surface area (Å²) in [5.74, 6) is 0. The number of rotatable bonds is 2. The number of hydrogen-bond donors (Lipinski definition) is 1. The number of aromatic amines is 1. The summed E-state index contributed by atoms with van der Waals surface area (Å²) in [4.78, 5) is 2.72. The molecular formula is C8H13N5. The quantitative estimate of drug-likeness (QED) is 0.422. The van der Waals surface area contributed by atoms with Gasteiger partial charge in [0.1, 0.15) is 0 Å². The lowest BCUT2D eigenvalue weighted by atomic mass is 9.90. The van der Waals surface area contributed by atoms with E-state index in [0.29, 0.717) is 6.54 Å². The molecule has 1 aromatic rings. The average Bonchev–Trinajstić information content (AvgIpc) is 2.47.